The first-order valence-corrected chi connectivity index (χ1v) is 7.88. The van der Waals surface area contributed by atoms with Crippen molar-refractivity contribution in [1.82, 2.24) is 4.98 Å². The number of benzene rings is 1. The summed E-state index contributed by atoms with van der Waals surface area (Å²) in [7, 11) is 1.68. The van der Waals surface area contributed by atoms with Crippen LogP contribution in [0, 0.1) is 0 Å². The van der Waals surface area contributed by atoms with Crippen LogP contribution in [0.5, 0.6) is 5.75 Å². The molecule has 3 nitrogen and oxygen atoms in total. The van der Waals surface area contributed by atoms with Crippen molar-refractivity contribution < 1.29 is 4.74 Å². The first-order valence-electron chi connectivity index (χ1n) is 6.27. The van der Waals surface area contributed by atoms with E-state index < -0.39 is 0 Å². The number of halogens is 1. The molecule has 0 spiro atoms. The minimum atomic E-state index is 0.417. The van der Waals surface area contributed by atoms with E-state index in [-0.39, 0.29) is 0 Å². The molecule has 3 rings (SSSR count). The summed E-state index contributed by atoms with van der Waals surface area (Å²) >= 11 is 5.19. The molecule has 1 atom stereocenters. The van der Waals surface area contributed by atoms with Gasteiger partial charge < -0.3 is 10.5 Å². The smallest absolute Gasteiger partial charge is 0.180 e. The lowest BCUT2D eigenvalue weighted by Gasteiger charge is -2.22. The van der Waals surface area contributed by atoms with Gasteiger partial charge in [0, 0.05) is 10.8 Å². The van der Waals surface area contributed by atoms with Crippen molar-refractivity contribution in [2.75, 3.05) is 12.8 Å². The summed E-state index contributed by atoms with van der Waals surface area (Å²) in [6.45, 7) is 0. The average molecular weight is 339 g/mol. The lowest BCUT2D eigenvalue weighted by molar-refractivity contribution is 0.412. The van der Waals surface area contributed by atoms with E-state index >= 15 is 0 Å². The van der Waals surface area contributed by atoms with Crippen molar-refractivity contribution in [2.24, 2.45) is 0 Å². The van der Waals surface area contributed by atoms with Crippen molar-refractivity contribution in [1.29, 1.82) is 0 Å². The second-order valence-electron chi connectivity index (χ2n) is 4.70. The number of aryl methyl sites for hydroxylation is 1. The molecule has 0 saturated heterocycles. The predicted molar refractivity (Wildman–Crippen MR) is 82.0 cm³/mol. The fourth-order valence-corrected chi connectivity index (χ4v) is 4.26. The van der Waals surface area contributed by atoms with E-state index in [2.05, 4.69) is 33.0 Å². The van der Waals surface area contributed by atoms with Crippen LogP contribution < -0.4 is 10.5 Å². The van der Waals surface area contributed by atoms with Gasteiger partial charge >= 0.3 is 0 Å². The monoisotopic (exact) mass is 338 g/mol. The first kappa shape index (κ1) is 12.9. The zero-order valence-electron chi connectivity index (χ0n) is 10.6. The molecule has 1 aromatic heterocycles. The highest BCUT2D eigenvalue weighted by Crippen LogP contribution is 2.42. The van der Waals surface area contributed by atoms with E-state index in [4.69, 9.17) is 10.5 Å². The molecule has 0 saturated carbocycles. The maximum Gasteiger partial charge on any atom is 0.180 e. The van der Waals surface area contributed by atoms with Crippen LogP contribution in [-0.2, 0) is 6.42 Å². The number of thiazole rings is 1. The van der Waals surface area contributed by atoms with Crippen LogP contribution in [0.3, 0.4) is 0 Å². The number of ether oxygens (including phenoxy) is 1. The first-order chi connectivity index (χ1) is 9.19. The van der Waals surface area contributed by atoms with Gasteiger partial charge in [-0.2, -0.15) is 0 Å². The van der Waals surface area contributed by atoms with Crippen LogP contribution in [0.15, 0.2) is 22.7 Å². The third-order valence-corrected chi connectivity index (χ3v) is 5.21. The number of rotatable bonds is 2. The Morgan fingerprint density at radius 1 is 1.47 bits per heavy atom. The summed E-state index contributed by atoms with van der Waals surface area (Å²) in [5, 5.41) is 0.685. The van der Waals surface area contributed by atoms with Crippen LogP contribution in [-0.4, -0.2) is 12.1 Å². The summed E-state index contributed by atoms with van der Waals surface area (Å²) in [5.41, 5.74) is 8.34. The molecule has 2 N–H and O–H groups in total. The third-order valence-electron chi connectivity index (χ3n) is 3.55. The van der Waals surface area contributed by atoms with Crippen molar-refractivity contribution in [3.8, 4) is 5.75 Å². The van der Waals surface area contributed by atoms with Crippen LogP contribution in [0.4, 0.5) is 5.13 Å². The van der Waals surface area contributed by atoms with Gasteiger partial charge in [-0.1, -0.05) is 6.07 Å². The van der Waals surface area contributed by atoms with Crippen LogP contribution >= 0.6 is 27.3 Å². The summed E-state index contributed by atoms with van der Waals surface area (Å²) in [4.78, 5) is 5.78. The Kier molecular flexibility index (Phi) is 3.50. The van der Waals surface area contributed by atoms with Gasteiger partial charge in [-0.05, 0) is 52.9 Å². The highest BCUT2D eigenvalue weighted by molar-refractivity contribution is 9.10. The molecule has 5 heteroatoms. The van der Waals surface area contributed by atoms with Gasteiger partial charge in [0.05, 0.1) is 17.3 Å². The van der Waals surface area contributed by atoms with Gasteiger partial charge in [-0.25, -0.2) is 4.98 Å². The summed E-state index contributed by atoms with van der Waals surface area (Å²) < 4.78 is 6.28. The number of fused-ring (bicyclic) bond motifs is 1. The molecule has 0 aliphatic heterocycles. The molecule has 0 bridgehead atoms. The number of anilines is 1. The van der Waals surface area contributed by atoms with E-state index in [1.54, 1.807) is 18.4 Å². The zero-order chi connectivity index (χ0) is 13.4. The Bertz CT molecular complexity index is 611. The molecule has 19 heavy (non-hydrogen) atoms. The van der Waals surface area contributed by atoms with Crippen molar-refractivity contribution in [2.45, 2.75) is 25.2 Å². The molecule has 1 aliphatic carbocycles. The number of methoxy groups -OCH3 is 1. The topological polar surface area (TPSA) is 48.1 Å². The molecule has 0 amide bonds. The Labute approximate surface area is 124 Å². The molecule has 0 fully saturated rings. The van der Waals surface area contributed by atoms with Crippen LogP contribution in [0.2, 0.25) is 0 Å². The van der Waals surface area contributed by atoms with Gasteiger partial charge in [0.1, 0.15) is 5.75 Å². The molecule has 2 aromatic rings. The van der Waals surface area contributed by atoms with Gasteiger partial charge in [0.25, 0.3) is 0 Å². The van der Waals surface area contributed by atoms with E-state index in [1.165, 1.54) is 22.6 Å². The SMILES string of the molecule is COc1ccc(C2CCCc3nc(N)sc32)cc1Br. The number of nitrogens with zero attached hydrogens (tertiary/aromatic N) is 1. The molecule has 1 aromatic carbocycles. The second-order valence-corrected chi connectivity index (χ2v) is 6.62. The van der Waals surface area contributed by atoms with Gasteiger partial charge in [-0.3, -0.25) is 0 Å². The number of hydrogen-bond acceptors (Lipinski definition) is 4. The maximum absolute atomic E-state index is 5.85. The summed E-state index contributed by atoms with van der Waals surface area (Å²) in [6.07, 6.45) is 3.38. The standard InChI is InChI=1S/C14H15BrN2OS/c1-18-12-6-5-8(7-10(12)15)9-3-2-4-11-13(9)19-14(16)17-11/h5-7,9H,2-4H2,1H3,(H2,16,17). The zero-order valence-corrected chi connectivity index (χ0v) is 13.1. The van der Waals surface area contributed by atoms with Crippen LogP contribution in [0.1, 0.15) is 34.9 Å². The summed E-state index contributed by atoms with van der Waals surface area (Å²) in [6, 6.07) is 6.30. The lowest BCUT2D eigenvalue weighted by atomic mass is 9.86. The lowest BCUT2D eigenvalue weighted by Crippen LogP contribution is -2.09. The molecular formula is C14H15BrN2OS. The highest BCUT2D eigenvalue weighted by atomic mass is 79.9. The number of nitrogen functional groups attached to an aromatic ring is 1. The minimum Gasteiger partial charge on any atom is -0.496 e. The fourth-order valence-electron chi connectivity index (χ4n) is 2.66. The molecule has 0 radical (unpaired) electrons. The average Bonchev–Trinajstić information content (AvgIpc) is 2.78. The fraction of sp³-hybridized carbons (Fsp3) is 0.357. The Morgan fingerprint density at radius 3 is 3.05 bits per heavy atom. The van der Waals surface area contributed by atoms with Crippen molar-refractivity contribution in [3.63, 3.8) is 0 Å². The quantitative estimate of drug-likeness (QED) is 0.901. The third kappa shape index (κ3) is 2.37. The molecule has 1 heterocycles. The van der Waals surface area contributed by atoms with E-state index in [1.807, 2.05) is 6.07 Å². The van der Waals surface area contributed by atoms with Crippen molar-refractivity contribution in [3.05, 3.63) is 38.8 Å². The van der Waals surface area contributed by atoms with Gasteiger partial charge in [-0.15, -0.1) is 11.3 Å². The van der Waals surface area contributed by atoms with Crippen LogP contribution in [0.25, 0.3) is 0 Å². The van der Waals surface area contributed by atoms with E-state index in [0.717, 1.165) is 23.1 Å². The Hall–Kier alpha value is -1.07. The number of nitrogens with two attached hydrogens (primary N) is 1. The molecule has 100 valence electrons. The largest absolute Gasteiger partial charge is 0.496 e. The summed E-state index contributed by atoms with van der Waals surface area (Å²) in [5.74, 6) is 1.28. The van der Waals surface area contributed by atoms with E-state index in [0.29, 0.717) is 11.0 Å². The number of aromatic nitrogens is 1. The second kappa shape index (κ2) is 5.13. The predicted octanol–water partition coefficient (Wildman–Crippen LogP) is 3.96. The molecule has 1 aliphatic rings. The number of hydrogen-bond donors (Lipinski definition) is 1. The molecule has 1 unspecified atom stereocenters. The highest BCUT2D eigenvalue weighted by Gasteiger charge is 2.25. The molecular weight excluding hydrogens is 324 g/mol. The Balaban J connectivity index is 2.01. The normalized spacial score (nSPS) is 18.1. The Morgan fingerprint density at radius 2 is 2.32 bits per heavy atom. The van der Waals surface area contributed by atoms with Crippen molar-refractivity contribution >= 4 is 32.4 Å². The van der Waals surface area contributed by atoms with Gasteiger partial charge in [0.15, 0.2) is 5.13 Å². The van der Waals surface area contributed by atoms with Gasteiger partial charge in [0.2, 0.25) is 0 Å². The minimum absolute atomic E-state index is 0.417. The van der Waals surface area contributed by atoms with E-state index in [9.17, 15) is 0 Å². The maximum atomic E-state index is 5.85.